The van der Waals surface area contributed by atoms with Gasteiger partial charge in [0.05, 0.1) is 24.5 Å². The molecule has 4 rings (SSSR count). The van der Waals surface area contributed by atoms with E-state index in [9.17, 15) is 4.79 Å². The molecule has 0 saturated carbocycles. The van der Waals surface area contributed by atoms with E-state index in [2.05, 4.69) is 25.3 Å². The zero-order valence-corrected chi connectivity index (χ0v) is 19.3. The second kappa shape index (κ2) is 15.1. The number of morpholine rings is 1. The van der Waals surface area contributed by atoms with Gasteiger partial charge in [0.15, 0.2) is 0 Å². The van der Waals surface area contributed by atoms with Gasteiger partial charge in [-0.3, -0.25) is 9.78 Å². The normalized spacial score (nSPS) is 15.3. The lowest BCUT2D eigenvalue weighted by molar-refractivity contribution is 0.122. The number of anilines is 3. The minimum Gasteiger partial charge on any atom is -0.383 e. The summed E-state index contributed by atoms with van der Waals surface area (Å²) < 4.78 is 5.28. The maximum Gasteiger partial charge on any atom is 0.252 e. The number of ether oxygens (including phenoxy) is 1. The van der Waals surface area contributed by atoms with Crippen LogP contribution in [0.3, 0.4) is 0 Å². The van der Waals surface area contributed by atoms with E-state index in [0.29, 0.717) is 43.5 Å². The second-order valence-electron chi connectivity index (χ2n) is 6.39. The zero-order chi connectivity index (χ0) is 23.1. The van der Waals surface area contributed by atoms with Crippen molar-refractivity contribution < 1.29 is 4.74 Å². The minimum absolute atomic E-state index is 0.0782. The molecule has 2 saturated heterocycles. The highest BCUT2D eigenvalue weighted by Crippen LogP contribution is 2.22. The molecule has 0 unspecified atom stereocenters. The molecule has 2 aromatic rings. The van der Waals surface area contributed by atoms with Crippen LogP contribution < -0.4 is 27.2 Å². The number of nitrogen functional groups attached to an aromatic ring is 2. The number of aromatic amines is 1. The number of nitrogens with one attached hydrogen (secondary N) is 2. The summed E-state index contributed by atoms with van der Waals surface area (Å²) in [6.45, 7) is 13.0. The van der Waals surface area contributed by atoms with Crippen LogP contribution in [0.25, 0.3) is 11.3 Å². The number of nitrogens with zero attached hydrogens (tertiary/aromatic N) is 4. The molecule has 0 aromatic carbocycles. The standard InChI is InChI=1S/C12H15N7O2.C5H11N.2C2H6/c13-10-7(6-15-11(14)18-10)8-5-9(20)17-12(16-8)19-1-3-21-4-2-19;1-2-4-6-5-3-1;2*1-2/h5-6H,1-4H2,(H,16,17,20)(H4,13,14,15,18);6H,1-5H2;2*1-2H3. The first-order valence-electron chi connectivity index (χ1n) is 11.2. The number of nitrogens with two attached hydrogens (primary N) is 2. The molecule has 0 bridgehead atoms. The van der Waals surface area contributed by atoms with Crippen LogP contribution in [0, 0.1) is 0 Å². The van der Waals surface area contributed by atoms with Crippen LogP contribution in [0.15, 0.2) is 17.1 Å². The number of hydrogen-bond acceptors (Lipinski definition) is 9. The monoisotopic (exact) mass is 434 g/mol. The van der Waals surface area contributed by atoms with Gasteiger partial charge in [0.2, 0.25) is 11.9 Å². The summed E-state index contributed by atoms with van der Waals surface area (Å²) in [6, 6.07) is 1.36. The van der Waals surface area contributed by atoms with Gasteiger partial charge < -0.3 is 26.4 Å². The van der Waals surface area contributed by atoms with Gasteiger partial charge >= 0.3 is 0 Å². The van der Waals surface area contributed by atoms with Crippen LogP contribution in [0.4, 0.5) is 17.7 Å². The fraction of sp³-hybridized carbons (Fsp3) is 0.619. The van der Waals surface area contributed by atoms with Crippen molar-refractivity contribution in [3.8, 4) is 11.3 Å². The first kappa shape index (κ1) is 26.3. The van der Waals surface area contributed by atoms with Gasteiger partial charge in [-0.2, -0.15) is 4.98 Å². The third-order valence-electron chi connectivity index (χ3n) is 4.36. The van der Waals surface area contributed by atoms with E-state index in [1.54, 1.807) is 0 Å². The van der Waals surface area contributed by atoms with Gasteiger partial charge in [-0.25, -0.2) is 9.97 Å². The SMILES string of the molecule is C1CCNCC1.CC.CC.Nc1ncc(-c2cc(=O)[nH]c(N3CCOCC3)n2)c(N)n1. The minimum atomic E-state index is -0.266. The molecule has 31 heavy (non-hydrogen) atoms. The Kier molecular flexibility index (Phi) is 12.8. The molecular formula is C21H38N8O2. The van der Waals surface area contributed by atoms with E-state index in [0.717, 1.165) is 0 Å². The molecule has 6 N–H and O–H groups in total. The summed E-state index contributed by atoms with van der Waals surface area (Å²) in [7, 11) is 0. The fourth-order valence-electron chi connectivity index (χ4n) is 2.92. The molecule has 2 fully saturated rings. The Balaban J connectivity index is 0.000000404. The lowest BCUT2D eigenvalue weighted by atomic mass is 10.2. The number of rotatable bonds is 2. The van der Waals surface area contributed by atoms with Crippen molar-refractivity contribution in [2.24, 2.45) is 0 Å². The smallest absolute Gasteiger partial charge is 0.252 e. The van der Waals surface area contributed by atoms with Crippen molar-refractivity contribution in [1.82, 2.24) is 25.3 Å². The third-order valence-corrected chi connectivity index (χ3v) is 4.36. The number of piperidine rings is 1. The van der Waals surface area contributed by atoms with Gasteiger partial charge in [-0.1, -0.05) is 34.1 Å². The molecular weight excluding hydrogens is 396 g/mol. The van der Waals surface area contributed by atoms with Crippen LogP contribution in [0.2, 0.25) is 0 Å². The quantitative estimate of drug-likeness (QED) is 0.557. The van der Waals surface area contributed by atoms with Gasteiger partial charge in [-0.05, 0) is 25.9 Å². The summed E-state index contributed by atoms with van der Waals surface area (Å²) in [5, 5.41) is 3.28. The molecule has 0 aliphatic carbocycles. The molecule has 2 aliphatic heterocycles. The molecule has 0 amide bonds. The number of H-pyrrole nitrogens is 1. The second-order valence-corrected chi connectivity index (χ2v) is 6.39. The molecule has 0 atom stereocenters. The van der Waals surface area contributed by atoms with E-state index in [4.69, 9.17) is 16.2 Å². The molecule has 2 aliphatic rings. The fourth-order valence-corrected chi connectivity index (χ4v) is 2.92. The van der Waals surface area contributed by atoms with E-state index in [-0.39, 0.29) is 17.3 Å². The Bertz CT molecular complexity index is 791. The van der Waals surface area contributed by atoms with Crippen molar-refractivity contribution in [1.29, 1.82) is 0 Å². The third kappa shape index (κ3) is 8.89. The summed E-state index contributed by atoms with van der Waals surface area (Å²) in [6.07, 6.45) is 5.68. The molecule has 0 radical (unpaired) electrons. The van der Waals surface area contributed by atoms with Crippen LogP contribution in [0.5, 0.6) is 0 Å². The maximum atomic E-state index is 11.8. The number of aromatic nitrogens is 4. The van der Waals surface area contributed by atoms with Crippen molar-refractivity contribution >= 4 is 17.7 Å². The Morgan fingerprint density at radius 3 is 2.16 bits per heavy atom. The maximum absolute atomic E-state index is 11.8. The lowest BCUT2D eigenvalue weighted by Crippen LogP contribution is -2.38. The highest BCUT2D eigenvalue weighted by Gasteiger charge is 2.16. The van der Waals surface area contributed by atoms with E-state index in [1.807, 2.05) is 32.6 Å². The predicted molar refractivity (Wildman–Crippen MR) is 127 cm³/mol. The largest absolute Gasteiger partial charge is 0.383 e. The van der Waals surface area contributed by atoms with E-state index < -0.39 is 0 Å². The van der Waals surface area contributed by atoms with Crippen LogP contribution in [-0.4, -0.2) is 59.3 Å². The summed E-state index contributed by atoms with van der Waals surface area (Å²) in [5.41, 5.74) is 11.9. The Morgan fingerprint density at radius 2 is 1.65 bits per heavy atom. The van der Waals surface area contributed by atoms with Crippen LogP contribution >= 0.6 is 0 Å². The Labute approximate surface area is 184 Å². The Hall–Kier alpha value is -2.72. The Morgan fingerprint density at radius 1 is 1.00 bits per heavy atom. The van der Waals surface area contributed by atoms with Gasteiger partial charge in [-0.15, -0.1) is 0 Å². The number of hydrogen-bond donors (Lipinski definition) is 4. The lowest BCUT2D eigenvalue weighted by Gasteiger charge is -2.27. The predicted octanol–water partition coefficient (Wildman–Crippen LogP) is 2.04. The van der Waals surface area contributed by atoms with Crippen molar-refractivity contribution in [3.63, 3.8) is 0 Å². The van der Waals surface area contributed by atoms with E-state index >= 15 is 0 Å². The molecule has 4 heterocycles. The zero-order valence-electron chi connectivity index (χ0n) is 19.3. The molecule has 2 aromatic heterocycles. The summed E-state index contributed by atoms with van der Waals surface area (Å²) in [4.78, 5) is 28.7. The van der Waals surface area contributed by atoms with Gasteiger partial charge in [0.1, 0.15) is 5.82 Å². The topological polar surface area (TPSA) is 148 Å². The molecule has 10 heteroatoms. The van der Waals surface area contributed by atoms with E-state index in [1.165, 1.54) is 44.6 Å². The summed E-state index contributed by atoms with van der Waals surface area (Å²) in [5.74, 6) is 0.750. The average Bonchev–Trinajstić information content (AvgIpc) is 2.83. The summed E-state index contributed by atoms with van der Waals surface area (Å²) >= 11 is 0. The van der Waals surface area contributed by atoms with Gasteiger partial charge in [0.25, 0.3) is 5.56 Å². The molecule has 0 spiro atoms. The molecule has 10 nitrogen and oxygen atoms in total. The van der Waals surface area contributed by atoms with Crippen LogP contribution in [-0.2, 0) is 4.74 Å². The van der Waals surface area contributed by atoms with Crippen molar-refractivity contribution in [3.05, 3.63) is 22.6 Å². The van der Waals surface area contributed by atoms with Crippen molar-refractivity contribution in [2.45, 2.75) is 47.0 Å². The first-order chi connectivity index (χ1) is 15.1. The first-order valence-corrected chi connectivity index (χ1v) is 11.2. The van der Waals surface area contributed by atoms with Gasteiger partial charge in [0, 0.05) is 25.4 Å². The highest BCUT2D eigenvalue weighted by molar-refractivity contribution is 5.71. The van der Waals surface area contributed by atoms with Crippen LogP contribution in [0.1, 0.15) is 47.0 Å². The highest BCUT2D eigenvalue weighted by atomic mass is 16.5. The van der Waals surface area contributed by atoms with Crippen molar-refractivity contribution in [2.75, 3.05) is 55.8 Å². The average molecular weight is 435 g/mol. The molecule has 174 valence electrons.